The quantitative estimate of drug-likeness (QED) is 0.609. The van der Waals surface area contributed by atoms with Crippen LogP contribution in [0.25, 0.3) is 0 Å². The first-order chi connectivity index (χ1) is 11.6. The first-order valence-corrected chi connectivity index (χ1v) is 8.07. The number of nitro benzene ring substituents is 1. The zero-order valence-corrected chi connectivity index (χ0v) is 13.2. The number of rotatable bonds is 6. The molecule has 0 fully saturated rings. The zero-order chi connectivity index (χ0) is 18.8. The Balaban J connectivity index is 2.62. The van der Waals surface area contributed by atoms with Crippen LogP contribution in [0.2, 0.25) is 0 Å². The third kappa shape index (κ3) is 3.88. The number of halogens is 2. The number of nitrogens with two attached hydrogens (primary N) is 1. The SMILES string of the molecule is NC(=O)CN(c1ccc(F)cc1F)S(=O)(=O)c1cccc([N+](=O)[O-])c1. The van der Waals surface area contributed by atoms with Crippen LogP contribution in [0.3, 0.4) is 0 Å². The average Bonchev–Trinajstić information content (AvgIpc) is 2.53. The number of carbonyl (C=O) groups excluding carboxylic acids is 1. The Morgan fingerprint density at radius 2 is 1.88 bits per heavy atom. The highest BCUT2D eigenvalue weighted by Gasteiger charge is 2.29. The van der Waals surface area contributed by atoms with E-state index in [-0.39, 0.29) is 0 Å². The molecule has 0 aliphatic heterocycles. The van der Waals surface area contributed by atoms with E-state index < -0.39 is 55.3 Å². The van der Waals surface area contributed by atoms with Crippen molar-refractivity contribution in [3.63, 3.8) is 0 Å². The number of nitrogens with zero attached hydrogens (tertiary/aromatic N) is 2. The van der Waals surface area contributed by atoms with Crippen molar-refractivity contribution in [2.24, 2.45) is 5.73 Å². The molecular weight excluding hydrogens is 360 g/mol. The van der Waals surface area contributed by atoms with Gasteiger partial charge >= 0.3 is 0 Å². The molecule has 0 radical (unpaired) electrons. The summed E-state index contributed by atoms with van der Waals surface area (Å²) in [5.41, 5.74) is 3.88. The molecule has 2 rings (SSSR count). The lowest BCUT2D eigenvalue weighted by molar-refractivity contribution is -0.385. The van der Waals surface area contributed by atoms with Crippen LogP contribution < -0.4 is 10.0 Å². The number of sulfonamides is 1. The maximum atomic E-state index is 14.0. The standard InChI is InChI=1S/C14H11F2N3O5S/c15-9-4-5-13(12(16)6-9)18(8-14(17)20)25(23,24)11-3-1-2-10(7-11)19(21)22/h1-7H,8H2,(H2,17,20). The molecule has 2 aromatic carbocycles. The second-order valence-corrected chi connectivity index (χ2v) is 6.69. The van der Waals surface area contributed by atoms with Gasteiger partial charge in [0, 0.05) is 18.2 Å². The van der Waals surface area contributed by atoms with Gasteiger partial charge in [-0.05, 0) is 18.2 Å². The van der Waals surface area contributed by atoms with Gasteiger partial charge in [0.25, 0.3) is 15.7 Å². The minimum Gasteiger partial charge on any atom is -0.368 e. The number of hydrogen-bond donors (Lipinski definition) is 1. The zero-order valence-electron chi connectivity index (χ0n) is 12.4. The molecule has 2 N–H and O–H groups in total. The fourth-order valence-electron chi connectivity index (χ4n) is 2.01. The molecule has 0 spiro atoms. The van der Waals surface area contributed by atoms with Crippen LogP contribution in [-0.2, 0) is 14.8 Å². The van der Waals surface area contributed by atoms with Gasteiger partial charge in [0.2, 0.25) is 5.91 Å². The minimum absolute atomic E-state index is 0.323. The highest BCUT2D eigenvalue weighted by atomic mass is 32.2. The van der Waals surface area contributed by atoms with Crippen LogP contribution in [0.5, 0.6) is 0 Å². The van der Waals surface area contributed by atoms with E-state index in [0.29, 0.717) is 10.4 Å². The molecule has 0 saturated carbocycles. The molecule has 11 heteroatoms. The monoisotopic (exact) mass is 371 g/mol. The molecule has 0 bridgehead atoms. The summed E-state index contributed by atoms with van der Waals surface area (Å²) in [6.07, 6.45) is 0. The first-order valence-electron chi connectivity index (χ1n) is 6.63. The lowest BCUT2D eigenvalue weighted by atomic mass is 10.3. The van der Waals surface area contributed by atoms with E-state index in [9.17, 15) is 32.1 Å². The molecule has 0 aromatic heterocycles. The Morgan fingerprint density at radius 3 is 2.44 bits per heavy atom. The number of anilines is 1. The Labute approximate surface area is 140 Å². The molecule has 0 atom stereocenters. The van der Waals surface area contributed by atoms with Crippen molar-refractivity contribution in [3.8, 4) is 0 Å². The van der Waals surface area contributed by atoms with Gasteiger partial charge in [-0.25, -0.2) is 17.2 Å². The molecule has 0 heterocycles. The minimum atomic E-state index is -4.57. The second-order valence-electron chi connectivity index (χ2n) is 4.83. The van der Waals surface area contributed by atoms with Crippen molar-refractivity contribution in [2.75, 3.05) is 10.8 Å². The van der Waals surface area contributed by atoms with E-state index in [4.69, 9.17) is 5.73 Å². The van der Waals surface area contributed by atoms with Gasteiger partial charge in [-0.2, -0.15) is 0 Å². The van der Waals surface area contributed by atoms with Crippen molar-refractivity contribution < 1.29 is 26.9 Å². The highest BCUT2D eigenvalue weighted by molar-refractivity contribution is 7.92. The van der Waals surface area contributed by atoms with Crippen molar-refractivity contribution in [2.45, 2.75) is 4.90 Å². The predicted molar refractivity (Wildman–Crippen MR) is 83.2 cm³/mol. The van der Waals surface area contributed by atoms with E-state index in [1.807, 2.05) is 0 Å². The summed E-state index contributed by atoms with van der Waals surface area (Å²) >= 11 is 0. The van der Waals surface area contributed by atoms with Gasteiger partial charge in [-0.1, -0.05) is 6.07 Å². The van der Waals surface area contributed by atoms with Crippen molar-refractivity contribution in [1.29, 1.82) is 0 Å². The molecule has 25 heavy (non-hydrogen) atoms. The van der Waals surface area contributed by atoms with Crippen LogP contribution in [0.4, 0.5) is 20.2 Å². The number of carbonyl (C=O) groups is 1. The van der Waals surface area contributed by atoms with Gasteiger partial charge in [-0.3, -0.25) is 19.2 Å². The van der Waals surface area contributed by atoms with Crippen molar-refractivity contribution >= 4 is 27.3 Å². The molecule has 1 amide bonds. The summed E-state index contributed by atoms with van der Waals surface area (Å²) in [4.78, 5) is 20.7. The highest BCUT2D eigenvalue weighted by Crippen LogP contribution is 2.28. The molecule has 132 valence electrons. The molecule has 2 aromatic rings. The average molecular weight is 371 g/mol. The number of non-ortho nitro benzene ring substituents is 1. The fraction of sp³-hybridized carbons (Fsp3) is 0.0714. The molecule has 0 aliphatic rings. The van der Waals surface area contributed by atoms with Gasteiger partial charge in [-0.15, -0.1) is 0 Å². The summed E-state index contributed by atoms with van der Waals surface area (Å²) in [6.45, 7) is -0.937. The maximum Gasteiger partial charge on any atom is 0.270 e. The number of amides is 1. The number of nitro groups is 1. The molecular formula is C14H11F2N3O5S. The Hall–Kier alpha value is -3.08. The molecule has 0 saturated heterocycles. The molecule has 0 unspecified atom stereocenters. The topological polar surface area (TPSA) is 124 Å². The van der Waals surface area contributed by atoms with Crippen molar-refractivity contribution in [1.82, 2.24) is 0 Å². The number of primary amides is 1. The third-order valence-corrected chi connectivity index (χ3v) is 4.85. The van der Waals surface area contributed by atoms with Crippen LogP contribution in [0.1, 0.15) is 0 Å². The smallest absolute Gasteiger partial charge is 0.270 e. The van der Waals surface area contributed by atoms with Gasteiger partial charge in [0.1, 0.15) is 18.2 Å². The lowest BCUT2D eigenvalue weighted by Crippen LogP contribution is -2.39. The molecule has 0 aliphatic carbocycles. The van der Waals surface area contributed by atoms with E-state index >= 15 is 0 Å². The lowest BCUT2D eigenvalue weighted by Gasteiger charge is -2.23. The summed E-state index contributed by atoms with van der Waals surface area (Å²) in [7, 11) is -4.57. The van der Waals surface area contributed by atoms with Crippen LogP contribution in [0.15, 0.2) is 47.4 Å². The third-order valence-electron chi connectivity index (χ3n) is 3.09. The van der Waals surface area contributed by atoms with Crippen LogP contribution >= 0.6 is 0 Å². The number of hydrogen-bond acceptors (Lipinski definition) is 5. The summed E-state index contributed by atoms with van der Waals surface area (Å²) in [5.74, 6) is -3.29. The first kappa shape index (κ1) is 18.3. The van der Waals surface area contributed by atoms with E-state index in [0.717, 1.165) is 36.4 Å². The fourth-order valence-corrected chi connectivity index (χ4v) is 3.49. The Morgan fingerprint density at radius 1 is 1.20 bits per heavy atom. The van der Waals surface area contributed by atoms with E-state index in [1.54, 1.807) is 0 Å². The van der Waals surface area contributed by atoms with E-state index in [2.05, 4.69) is 0 Å². The summed E-state index contributed by atoms with van der Waals surface area (Å²) < 4.78 is 52.8. The molecule has 8 nitrogen and oxygen atoms in total. The van der Waals surface area contributed by atoms with Crippen molar-refractivity contribution in [3.05, 3.63) is 64.2 Å². The van der Waals surface area contributed by atoms with Crippen LogP contribution in [-0.4, -0.2) is 25.8 Å². The van der Waals surface area contributed by atoms with Crippen LogP contribution in [0, 0.1) is 21.7 Å². The maximum absolute atomic E-state index is 14.0. The largest absolute Gasteiger partial charge is 0.368 e. The van der Waals surface area contributed by atoms with Gasteiger partial charge in [0.15, 0.2) is 0 Å². The Kier molecular flexibility index (Phi) is 4.97. The van der Waals surface area contributed by atoms with Gasteiger partial charge in [0.05, 0.1) is 15.5 Å². The second kappa shape index (κ2) is 6.81. The summed E-state index contributed by atoms with van der Waals surface area (Å²) in [6, 6.07) is 6.04. The van der Waals surface area contributed by atoms with E-state index in [1.165, 1.54) is 0 Å². The van der Waals surface area contributed by atoms with Gasteiger partial charge < -0.3 is 5.73 Å². The Bertz CT molecular complexity index is 949. The number of benzene rings is 2. The predicted octanol–water partition coefficient (Wildman–Crippen LogP) is 1.55. The normalized spacial score (nSPS) is 11.1. The summed E-state index contributed by atoms with van der Waals surface area (Å²) in [5, 5.41) is 10.8.